The second-order valence-corrected chi connectivity index (χ2v) is 9.70. The highest BCUT2D eigenvalue weighted by molar-refractivity contribution is 7.99. The first kappa shape index (κ1) is 21.9. The number of hydrogen-bond acceptors (Lipinski definition) is 4. The Morgan fingerprint density at radius 2 is 1.81 bits per heavy atom. The minimum absolute atomic E-state index is 0.288. The third kappa shape index (κ3) is 7.62. The van der Waals surface area contributed by atoms with E-state index in [1.54, 1.807) is 30.0 Å². The summed E-state index contributed by atoms with van der Waals surface area (Å²) < 4.78 is 25.1. The van der Waals surface area contributed by atoms with Gasteiger partial charge in [-0.15, -0.1) is 11.8 Å². The van der Waals surface area contributed by atoms with Gasteiger partial charge in [0.05, 0.1) is 11.9 Å². The number of rotatable bonds is 9. The number of carbonyl (C=O) groups is 1. The number of halogens is 2. The molecule has 0 aliphatic heterocycles. The summed E-state index contributed by atoms with van der Waals surface area (Å²) in [6.07, 6.45) is 1.82. The number of carbonyl (C=O) groups excluding carboxylic acids is 1. The van der Waals surface area contributed by atoms with Gasteiger partial charge in [-0.25, -0.2) is 8.42 Å². The Kier molecular flexibility index (Phi) is 8.28. The lowest BCUT2D eigenvalue weighted by Crippen LogP contribution is -2.40. The van der Waals surface area contributed by atoms with Crippen LogP contribution >= 0.6 is 35.0 Å². The molecule has 2 rings (SSSR count). The number of thioether (sulfide) groups is 1. The van der Waals surface area contributed by atoms with E-state index in [-0.39, 0.29) is 12.5 Å². The fourth-order valence-electron chi connectivity index (χ4n) is 2.24. The molecule has 0 atom stereocenters. The molecule has 1 amide bonds. The summed E-state index contributed by atoms with van der Waals surface area (Å²) in [6, 6.07) is 14.0. The van der Waals surface area contributed by atoms with Crippen molar-refractivity contribution in [3.8, 4) is 0 Å². The standard InChI is InChI=1S/C18H20Cl2N2O3S2/c1-27(24,25)22(16-5-2-4-15(20)12-16)13-18(23)21-10-3-11-26-17-8-6-14(19)7-9-17/h2,4-9,12H,3,10-11,13H2,1H3,(H,21,23). The zero-order chi connectivity index (χ0) is 19.9. The molecule has 0 aromatic heterocycles. The minimum atomic E-state index is -3.61. The van der Waals surface area contributed by atoms with Gasteiger partial charge in [0.25, 0.3) is 0 Å². The van der Waals surface area contributed by atoms with Gasteiger partial charge in [0.15, 0.2) is 0 Å². The maximum absolute atomic E-state index is 12.2. The first-order valence-electron chi connectivity index (χ1n) is 8.14. The van der Waals surface area contributed by atoms with Crippen molar-refractivity contribution in [1.82, 2.24) is 5.32 Å². The first-order chi connectivity index (χ1) is 12.8. The SMILES string of the molecule is CS(=O)(=O)N(CC(=O)NCCCSc1ccc(Cl)cc1)c1cccc(Cl)c1. The normalized spacial score (nSPS) is 11.2. The van der Waals surface area contributed by atoms with E-state index in [1.165, 1.54) is 6.07 Å². The molecular formula is C18H20Cl2N2O3S2. The summed E-state index contributed by atoms with van der Waals surface area (Å²) in [4.78, 5) is 13.3. The number of hydrogen-bond donors (Lipinski definition) is 1. The number of nitrogens with zero attached hydrogens (tertiary/aromatic N) is 1. The van der Waals surface area contributed by atoms with Crippen LogP contribution in [0.2, 0.25) is 10.0 Å². The van der Waals surface area contributed by atoms with Crippen molar-refractivity contribution in [2.75, 3.05) is 29.4 Å². The second-order valence-electron chi connectivity index (χ2n) is 5.76. The van der Waals surface area contributed by atoms with Crippen LogP contribution in [0.25, 0.3) is 0 Å². The molecule has 1 N–H and O–H groups in total. The van der Waals surface area contributed by atoms with Crippen LogP contribution in [0.4, 0.5) is 5.69 Å². The Morgan fingerprint density at radius 1 is 1.11 bits per heavy atom. The van der Waals surface area contributed by atoms with Gasteiger partial charge in [-0.1, -0.05) is 29.3 Å². The van der Waals surface area contributed by atoms with Crippen LogP contribution in [-0.2, 0) is 14.8 Å². The lowest BCUT2D eigenvalue weighted by molar-refractivity contribution is -0.119. The van der Waals surface area contributed by atoms with Gasteiger partial charge in [0.2, 0.25) is 15.9 Å². The van der Waals surface area contributed by atoms with E-state index in [0.29, 0.717) is 22.3 Å². The van der Waals surface area contributed by atoms with Crippen molar-refractivity contribution in [2.45, 2.75) is 11.3 Å². The highest BCUT2D eigenvalue weighted by atomic mass is 35.5. The number of benzene rings is 2. The smallest absolute Gasteiger partial charge is 0.240 e. The average Bonchev–Trinajstić information content (AvgIpc) is 2.60. The second kappa shape index (κ2) is 10.2. The van der Waals surface area contributed by atoms with Crippen molar-refractivity contribution in [3.63, 3.8) is 0 Å². The third-order valence-corrected chi connectivity index (χ3v) is 6.24. The van der Waals surface area contributed by atoms with Crippen LogP contribution in [0, 0.1) is 0 Å². The molecule has 9 heteroatoms. The van der Waals surface area contributed by atoms with E-state index in [9.17, 15) is 13.2 Å². The number of nitrogens with one attached hydrogen (secondary N) is 1. The van der Waals surface area contributed by atoms with Crippen molar-refractivity contribution in [2.24, 2.45) is 0 Å². The van der Waals surface area contributed by atoms with Crippen LogP contribution in [-0.4, -0.2) is 39.4 Å². The largest absolute Gasteiger partial charge is 0.354 e. The van der Waals surface area contributed by atoms with Crippen LogP contribution in [0.1, 0.15) is 6.42 Å². The summed E-state index contributed by atoms with van der Waals surface area (Å²) in [7, 11) is -3.61. The Bertz CT molecular complexity index is 874. The number of anilines is 1. The molecule has 0 saturated heterocycles. The van der Waals surface area contributed by atoms with Crippen molar-refractivity contribution < 1.29 is 13.2 Å². The molecule has 2 aromatic rings. The molecule has 0 heterocycles. The summed E-state index contributed by atoms with van der Waals surface area (Å²) in [5.41, 5.74) is 0.360. The molecule has 0 saturated carbocycles. The summed E-state index contributed by atoms with van der Waals surface area (Å²) in [5.74, 6) is 0.461. The third-order valence-electron chi connectivity index (χ3n) is 3.51. The van der Waals surface area contributed by atoms with E-state index in [0.717, 1.165) is 27.6 Å². The van der Waals surface area contributed by atoms with Gasteiger partial charge in [0.1, 0.15) is 6.54 Å². The highest BCUT2D eigenvalue weighted by Crippen LogP contribution is 2.22. The predicted molar refractivity (Wildman–Crippen MR) is 113 cm³/mol. The fraction of sp³-hybridized carbons (Fsp3) is 0.278. The fourth-order valence-corrected chi connectivity index (χ4v) is 4.25. The van der Waals surface area contributed by atoms with E-state index < -0.39 is 10.0 Å². The van der Waals surface area contributed by atoms with E-state index in [4.69, 9.17) is 23.2 Å². The van der Waals surface area contributed by atoms with Crippen molar-refractivity contribution in [1.29, 1.82) is 0 Å². The Hall–Kier alpha value is -1.41. The van der Waals surface area contributed by atoms with Gasteiger partial charge >= 0.3 is 0 Å². The zero-order valence-electron chi connectivity index (χ0n) is 14.7. The maximum Gasteiger partial charge on any atom is 0.240 e. The van der Waals surface area contributed by atoms with Gasteiger partial charge < -0.3 is 5.32 Å². The van der Waals surface area contributed by atoms with E-state index in [2.05, 4.69) is 5.32 Å². The van der Waals surface area contributed by atoms with Crippen LogP contribution in [0.15, 0.2) is 53.4 Å². The molecule has 0 aliphatic carbocycles. The van der Waals surface area contributed by atoms with Crippen molar-refractivity contribution in [3.05, 3.63) is 58.6 Å². The maximum atomic E-state index is 12.2. The van der Waals surface area contributed by atoms with Gasteiger partial charge in [-0.3, -0.25) is 9.10 Å². The molecule has 0 unspecified atom stereocenters. The molecule has 2 aromatic carbocycles. The lowest BCUT2D eigenvalue weighted by atomic mass is 10.3. The lowest BCUT2D eigenvalue weighted by Gasteiger charge is -2.22. The molecule has 0 bridgehead atoms. The quantitative estimate of drug-likeness (QED) is 0.465. The summed E-state index contributed by atoms with van der Waals surface area (Å²) in [5, 5.41) is 3.85. The molecule has 5 nitrogen and oxygen atoms in total. The number of amides is 1. The molecule has 0 radical (unpaired) electrons. The molecule has 0 aliphatic rings. The average molecular weight is 447 g/mol. The Labute approximate surface area is 174 Å². The van der Waals surface area contributed by atoms with Gasteiger partial charge in [0, 0.05) is 21.5 Å². The Balaban J connectivity index is 1.81. The van der Waals surface area contributed by atoms with Crippen LogP contribution < -0.4 is 9.62 Å². The van der Waals surface area contributed by atoms with E-state index in [1.807, 2.05) is 24.3 Å². The van der Waals surface area contributed by atoms with Gasteiger partial charge in [-0.05, 0) is 54.6 Å². The monoisotopic (exact) mass is 446 g/mol. The molecule has 146 valence electrons. The minimum Gasteiger partial charge on any atom is -0.354 e. The first-order valence-corrected chi connectivity index (χ1v) is 11.7. The zero-order valence-corrected chi connectivity index (χ0v) is 17.8. The van der Waals surface area contributed by atoms with Crippen LogP contribution in [0.3, 0.4) is 0 Å². The molecular weight excluding hydrogens is 427 g/mol. The van der Waals surface area contributed by atoms with Crippen LogP contribution in [0.5, 0.6) is 0 Å². The van der Waals surface area contributed by atoms with Crippen molar-refractivity contribution >= 4 is 56.6 Å². The Morgan fingerprint density at radius 3 is 2.44 bits per heavy atom. The highest BCUT2D eigenvalue weighted by Gasteiger charge is 2.20. The summed E-state index contributed by atoms with van der Waals surface area (Å²) >= 11 is 13.4. The van der Waals surface area contributed by atoms with E-state index >= 15 is 0 Å². The van der Waals surface area contributed by atoms with Gasteiger partial charge in [-0.2, -0.15) is 0 Å². The number of sulfonamides is 1. The topological polar surface area (TPSA) is 66.5 Å². The molecule has 0 spiro atoms. The predicted octanol–water partition coefficient (Wildman–Crippen LogP) is 4.06. The molecule has 27 heavy (non-hydrogen) atoms. The molecule has 0 fully saturated rings. The summed E-state index contributed by atoms with van der Waals surface area (Å²) in [6.45, 7) is 0.177.